The highest BCUT2D eigenvalue weighted by molar-refractivity contribution is 5.85. The van der Waals surface area contributed by atoms with Gasteiger partial charge in [0.2, 0.25) is 5.91 Å². The van der Waals surface area contributed by atoms with E-state index in [2.05, 4.69) is 21.5 Å². The lowest BCUT2D eigenvalue weighted by molar-refractivity contribution is -0.122. The second kappa shape index (κ2) is 7.88. The lowest BCUT2D eigenvalue weighted by atomic mass is 10.0. The van der Waals surface area contributed by atoms with Crippen LogP contribution in [0, 0.1) is 5.92 Å². The summed E-state index contributed by atoms with van der Waals surface area (Å²) in [5, 5.41) is 19.8. The highest BCUT2D eigenvalue weighted by Gasteiger charge is 2.34. The van der Waals surface area contributed by atoms with Gasteiger partial charge in [0.25, 0.3) is 0 Å². The van der Waals surface area contributed by atoms with Crippen LogP contribution in [0.2, 0.25) is 0 Å². The molecule has 6 nitrogen and oxygen atoms in total. The minimum absolute atomic E-state index is 0.0216. The lowest BCUT2D eigenvalue weighted by Gasteiger charge is -2.16. The van der Waals surface area contributed by atoms with E-state index in [4.69, 9.17) is 0 Å². The van der Waals surface area contributed by atoms with Gasteiger partial charge < -0.3 is 10.4 Å². The van der Waals surface area contributed by atoms with Crippen molar-refractivity contribution in [3.63, 3.8) is 0 Å². The quantitative estimate of drug-likeness (QED) is 0.703. The SMILES string of the molecule is O=C(CCc1cncc2ccccc12)N[C@@H]1CC(Cn2cccn2)C[C@H]1O. The van der Waals surface area contributed by atoms with Crippen molar-refractivity contribution in [3.8, 4) is 0 Å². The van der Waals surface area contributed by atoms with Crippen LogP contribution in [-0.2, 0) is 17.8 Å². The van der Waals surface area contributed by atoms with E-state index >= 15 is 0 Å². The van der Waals surface area contributed by atoms with Crippen LogP contribution in [0.15, 0.2) is 55.1 Å². The Labute approximate surface area is 158 Å². The Hall–Kier alpha value is -2.73. The number of hydrogen-bond donors (Lipinski definition) is 2. The highest BCUT2D eigenvalue weighted by atomic mass is 16.3. The second-order valence-electron chi connectivity index (χ2n) is 7.33. The van der Waals surface area contributed by atoms with Gasteiger partial charge >= 0.3 is 0 Å². The van der Waals surface area contributed by atoms with Crippen molar-refractivity contribution in [2.45, 2.75) is 44.4 Å². The van der Waals surface area contributed by atoms with Gasteiger partial charge in [0.1, 0.15) is 0 Å². The number of hydrogen-bond acceptors (Lipinski definition) is 4. The first-order chi connectivity index (χ1) is 13.2. The number of fused-ring (bicyclic) bond motifs is 1. The fraction of sp³-hybridized carbons (Fsp3) is 0.381. The molecule has 1 amide bonds. The Morgan fingerprint density at radius 2 is 2.11 bits per heavy atom. The Morgan fingerprint density at radius 3 is 2.96 bits per heavy atom. The van der Waals surface area contributed by atoms with Crippen LogP contribution in [0.4, 0.5) is 0 Å². The van der Waals surface area contributed by atoms with Crippen LogP contribution in [0.3, 0.4) is 0 Å². The van der Waals surface area contributed by atoms with E-state index in [1.165, 1.54) is 0 Å². The molecule has 1 unspecified atom stereocenters. The zero-order valence-corrected chi connectivity index (χ0v) is 15.2. The van der Waals surface area contributed by atoms with Crippen LogP contribution < -0.4 is 5.32 Å². The van der Waals surface area contributed by atoms with Crippen molar-refractivity contribution in [2.75, 3.05) is 0 Å². The van der Waals surface area contributed by atoms with E-state index in [1.54, 1.807) is 6.20 Å². The molecule has 2 N–H and O–H groups in total. The van der Waals surface area contributed by atoms with Gasteiger partial charge in [0, 0.05) is 43.1 Å². The van der Waals surface area contributed by atoms with Crippen LogP contribution in [0.5, 0.6) is 0 Å². The normalized spacial score (nSPS) is 22.2. The van der Waals surface area contributed by atoms with Gasteiger partial charge in [0.15, 0.2) is 0 Å². The maximum atomic E-state index is 12.4. The summed E-state index contributed by atoms with van der Waals surface area (Å²) in [6.07, 6.45) is 9.37. The number of nitrogens with one attached hydrogen (secondary N) is 1. The summed E-state index contributed by atoms with van der Waals surface area (Å²) in [6, 6.07) is 9.80. The van der Waals surface area contributed by atoms with Gasteiger partial charge in [-0.25, -0.2) is 0 Å². The average molecular weight is 364 g/mol. The number of aryl methyl sites for hydroxylation is 1. The maximum absolute atomic E-state index is 12.4. The molecule has 1 aliphatic carbocycles. The monoisotopic (exact) mass is 364 g/mol. The van der Waals surface area contributed by atoms with Crippen LogP contribution in [0.1, 0.15) is 24.8 Å². The van der Waals surface area contributed by atoms with Gasteiger partial charge in [-0.05, 0) is 42.2 Å². The van der Waals surface area contributed by atoms with E-state index in [0.717, 1.165) is 29.3 Å². The largest absolute Gasteiger partial charge is 0.391 e. The number of carbonyl (C=O) groups excluding carboxylic acids is 1. The third kappa shape index (κ3) is 4.17. The fourth-order valence-corrected chi connectivity index (χ4v) is 4.00. The van der Waals surface area contributed by atoms with E-state index < -0.39 is 6.10 Å². The molecule has 140 valence electrons. The van der Waals surface area contributed by atoms with Gasteiger partial charge in [-0.2, -0.15) is 5.10 Å². The number of aromatic nitrogens is 3. The molecule has 0 radical (unpaired) electrons. The summed E-state index contributed by atoms with van der Waals surface area (Å²) in [4.78, 5) is 16.7. The first kappa shape index (κ1) is 17.7. The molecular weight excluding hydrogens is 340 g/mol. The Kier molecular flexibility index (Phi) is 5.16. The van der Waals surface area contributed by atoms with Crippen LogP contribution in [0.25, 0.3) is 10.8 Å². The number of pyridine rings is 1. The smallest absolute Gasteiger partial charge is 0.220 e. The average Bonchev–Trinajstić information content (AvgIpc) is 3.30. The molecule has 2 heterocycles. The van der Waals surface area contributed by atoms with E-state index in [9.17, 15) is 9.90 Å². The van der Waals surface area contributed by atoms with Gasteiger partial charge in [-0.3, -0.25) is 14.5 Å². The van der Waals surface area contributed by atoms with Crippen molar-refractivity contribution >= 4 is 16.7 Å². The standard InChI is InChI=1S/C21H24N4O2/c26-20-11-15(14-25-9-3-8-23-25)10-19(20)24-21(27)7-6-17-13-22-12-16-4-1-2-5-18(16)17/h1-5,8-9,12-13,15,19-20,26H,6-7,10-11,14H2,(H,24,27)/t15?,19-,20-/m1/s1. The molecule has 1 fully saturated rings. The Balaban J connectivity index is 1.31. The molecule has 0 saturated heterocycles. The molecule has 1 saturated carbocycles. The van der Waals surface area contributed by atoms with Crippen LogP contribution >= 0.6 is 0 Å². The molecular formula is C21H24N4O2. The first-order valence-electron chi connectivity index (χ1n) is 9.45. The van der Waals surface area contributed by atoms with Gasteiger partial charge in [0.05, 0.1) is 12.1 Å². The van der Waals surface area contributed by atoms with Crippen molar-refractivity contribution in [1.82, 2.24) is 20.1 Å². The minimum atomic E-state index is -0.492. The predicted octanol–water partition coefficient (Wildman–Crippen LogP) is 2.32. The van der Waals surface area contributed by atoms with E-state index in [0.29, 0.717) is 25.2 Å². The molecule has 0 spiro atoms. The van der Waals surface area contributed by atoms with Crippen molar-refractivity contribution < 1.29 is 9.90 Å². The van der Waals surface area contributed by atoms with Gasteiger partial charge in [-0.15, -0.1) is 0 Å². The van der Waals surface area contributed by atoms with Crippen molar-refractivity contribution in [1.29, 1.82) is 0 Å². The molecule has 6 heteroatoms. The summed E-state index contributed by atoms with van der Waals surface area (Å²) in [5.41, 5.74) is 1.08. The van der Waals surface area contributed by atoms with Crippen LogP contribution in [-0.4, -0.2) is 37.9 Å². The minimum Gasteiger partial charge on any atom is -0.391 e. The number of benzene rings is 1. The van der Waals surface area contributed by atoms with Crippen molar-refractivity contribution in [3.05, 3.63) is 60.7 Å². The molecule has 3 aromatic rings. The number of nitrogens with zero attached hydrogens (tertiary/aromatic N) is 3. The molecule has 2 aromatic heterocycles. The molecule has 3 atom stereocenters. The molecule has 4 rings (SSSR count). The van der Waals surface area contributed by atoms with E-state index in [1.807, 2.05) is 47.5 Å². The second-order valence-corrected chi connectivity index (χ2v) is 7.33. The summed E-state index contributed by atoms with van der Waals surface area (Å²) in [5.74, 6) is 0.305. The molecule has 0 aliphatic heterocycles. The number of aliphatic hydroxyl groups excluding tert-OH is 1. The Morgan fingerprint density at radius 1 is 1.22 bits per heavy atom. The number of carbonyl (C=O) groups is 1. The summed E-state index contributed by atoms with van der Waals surface area (Å²) in [6.45, 7) is 0.776. The number of amides is 1. The third-order valence-corrected chi connectivity index (χ3v) is 5.35. The molecule has 0 bridgehead atoms. The zero-order chi connectivity index (χ0) is 18.6. The maximum Gasteiger partial charge on any atom is 0.220 e. The molecule has 1 aliphatic rings. The topological polar surface area (TPSA) is 80.0 Å². The fourth-order valence-electron chi connectivity index (χ4n) is 4.00. The Bertz CT molecular complexity index is 904. The number of rotatable bonds is 6. The van der Waals surface area contributed by atoms with Gasteiger partial charge in [-0.1, -0.05) is 24.3 Å². The summed E-state index contributed by atoms with van der Waals surface area (Å²) >= 11 is 0. The summed E-state index contributed by atoms with van der Waals surface area (Å²) in [7, 11) is 0. The number of aliphatic hydroxyl groups is 1. The zero-order valence-electron chi connectivity index (χ0n) is 15.2. The summed E-state index contributed by atoms with van der Waals surface area (Å²) < 4.78 is 1.88. The highest BCUT2D eigenvalue weighted by Crippen LogP contribution is 2.27. The first-order valence-corrected chi connectivity index (χ1v) is 9.45. The van der Waals surface area contributed by atoms with Crippen molar-refractivity contribution in [2.24, 2.45) is 5.92 Å². The van der Waals surface area contributed by atoms with E-state index in [-0.39, 0.29) is 11.9 Å². The molecule has 27 heavy (non-hydrogen) atoms. The molecule has 1 aromatic carbocycles. The lowest BCUT2D eigenvalue weighted by Crippen LogP contribution is -2.40. The third-order valence-electron chi connectivity index (χ3n) is 5.35. The predicted molar refractivity (Wildman–Crippen MR) is 103 cm³/mol.